The predicted octanol–water partition coefficient (Wildman–Crippen LogP) is 2.60. The Morgan fingerprint density at radius 2 is 1.82 bits per heavy atom. The van der Waals surface area contributed by atoms with Crippen LogP contribution in [-0.2, 0) is 14.3 Å². The zero-order valence-corrected chi connectivity index (χ0v) is 13.9. The van der Waals surface area contributed by atoms with E-state index in [-0.39, 0.29) is 24.8 Å². The number of nitrogens with zero attached hydrogens (tertiary/aromatic N) is 2. The van der Waals surface area contributed by atoms with E-state index in [2.05, 4.69) is 0 Å². The van der Waals surface area contributed by atoms with Gasteiger partial charge in [-0.3, -0.25) is 9.59 Å². The molecule has 1 aromatic rings. The predicted molar refractivity (Wildman–Crippen MR) is 86.5 cm³/mol. The van der Waals surface area contributed by atoms with Gasteiger partial charge in [0.2, 0.25) is 11.8 Å². The molecule has 1 fully saturated rings. The molecule has 2 rings (SSSR count). The standard InChI is InChI=1S/C15H18Cl2N2O3/c1-11(20)19(15-12(16)3-2-4-13(15)17)6-5-14(21)18-7-9-22-10-8-18/h2-4H,5-10H2,1H3. The average Bonchev–Trinajstić information content (AvgIpc) is 2.50. The van der Waals surface area contributed by atoms with Crippen LogP contribution in [0.1, 0.15) is 13.3 Å². The van der Waals surface area contributed by atoms with E-state index in [0.29, 0.717) is 42.0 Å². The lowest BCUT2D eigenvalue weighted by Crippen LogP contribution is -2.42. The van der Waals surface area contributed by atoms with Gasteiger partial charge in [-0.2, -0.15) is 0 Å². The summed E-state index contributed by atoms with van der Waals surface area (Å²) in [5, 5.41) is 0.781. The molecule has 0 saturated carbocycles. The summed E-state index contributed by atoms with van der Waals surface area (Å²) in [6.07, 6.45) is 0.223. The maximum Gasteiger partial charge on any atom is 0.224 e. The second-order valence-electron chi connectivity index (χ2n) is 4.98. The third-order valence-corrected chi connectivity index (χ3v) is 4.11. The first-order valence-electron chi connectivity index (χ1n) is 7.08. The van der Waals surface area contributed by atoms with Gasteiger partial charge >= 0.3 is 0 Å². The van der Waals surface area contributed by atoms with E-state index < -0.39 is 0 Å². The Morgan fingerprint density at radius 3 is 2.36 bits per heavy atom. The summed E-state index contributed by atoms with van der Waals surface area (Å²) in [5.41, 5.74) is 0.452. The number of benzene rings is 1. The summed E-state index contributed by atoms with van der Waals surface area (Å²) in [4.78, 5) is 27.3. The van der Waals surface area contributed by atoms with Crippen molar-refractivity contribution in [1.29, 1.82) is 0 Å². The second-order valence-corrected chi connectivity index (χ2v) is 5.80. The number of para-hydroxylation sites is 1. The van der Waals surface area contributed by atoms with Crippen molar-refractivity contribution >= 4 is 40.7 Å². The van der Waals surface area contributed by atoms with Gasteiger partial charge in [0.15, 0.2) is 0 Å². The molecule has 1 saturated heterocycles. The molecule has 0 N–H and O–H groups in total. The van der Waals surface area contributed by atoms with E-state index in [4.69, 9.17) is 27.9 Å². The van der Waals surface area contributed by atoms with Crippen molar-refractivity contribution < 1.29 is 14.3 Å². The fraction of sp³-hybridized carbons (Fsp3) is 0.467. The highest BCUT2D eigenvalue weighted by molar-refractivity contribution is 6.39. The summed E-state index contributed by atoms with van der Waals surface area (Å²) in [6.45, 7) is 3.96. The molecule has 0 aliphatic carbocycles. The molecule has 0 atom stereocenters. The number of carbonyl (C=O) groups is 2. The lowest BCUT2D eigenvalue weighted by molar-refractivity contribution is -0.135. The first-order chi connectivity index (χ1) is 10.5. The number of amides is 2. The number of anilines is 1. The summed E-state index contributed by atoms with van der Waals surface area (Å²) >= 11 is 12.3. The van der Waals surface area contributed by atoms with E-state index in [1.165, 1.54) is 11.8 Å². The Labute approximate surface area is 139 Å². The lowest BCUT2D eigenvalue weighted by Gasteiger charge is -2.28. The molecule has 1 aliphatic heterocycles. The molecule has 7 heteroatoms. The normalized spacial score (nSPS) is 14.8. The lowest BCUT2D eigenvalue weighted by atomic mass is 10.2. The van der Waals surface area contributed by atoms with Gasteiger partial charge in [-0.25, -0.2) is 0 Å². The van der Waals surface area contributed by atoms with Crippen LogP contribution in [0.25, 0.3) is 0 Å². The van der Waals surface area contributed by atoms with Gasteiger partial charge in [0, 0.05) is 33.0 Å². The number of hydrogen-bond donors (Lipinski definition) is 0. The first-order valence-corrected chi connectivity index (χ1v) is 7.84. The zero-order valence-electron chi connectivity index (χ0n) is 12.3. The van der Waals surface area contributed by atoms with Gasteiger partial charge < -0.3 is 14.5 Å². The molecule has 1 aromatic carbocycles. The minimum atomic E-state index is -0.204. The molecule has 2 amide bonds. The second kappa shape index (κ2) is 7.81. The SMILES string of the molecule is CC(=O)N(CCC(=O)N1CCOCC1)c1c(Cl)cccc1Cl. The monoisotopic (exact) mass is 344 g/mol. The molecule has 0 aromatic heterocycles. The Hall–Kier alpha value is -1.30. The van der Waals surface area contributed by atoms with Crippen molar-refractivity contribution in [3.63, 3.8) is 0 Å². The van der Waals surface area contributed by atoms with Gasteiger partial charge in [0.1, 0.15) is 0 Å². The van der Waals surface area contributed by atoms with Crippen LogP contribution in [0.3, 0.4) is 0 Å². The van der Waals surface area contributed by atoms with Gasteiger partial charge in [0.05, 0.1) is 28.9 Å². The highest BCUT2D eigenvalue weighted by Crippen LogP contribution is 2.33. The van der Waals surface area contributed by atoms with Crippen LogP contribution in [0.15, 0.2) is 18.2 Å². The first kappa shape index (κ1) is 17.1. The molecule has 1 aliphatic rings. The molecule has 120 valence electrons. The number of morpholine rings is 1. The van der Waals surface area contributed by atoms with Crippen LogP contribution >= 0.6 is 23.2 Å². The highest BCUT2D eigenvalue weighted by Gasteiger charge is 2.22. The minimum Gasteiger partial charge on any atom is -0.378 e. The molecule has 0 unspecified atom stereocenters. The fourth-order valence-corrected chi connectivity index (χ4v) is 2.95. The quantitative estimate of drug-likeness (QED) is 0.843. The van der Waals surface area contributed by atoms with Crippen molar-refractivity contribution in [2.45, 2.75) is 13.3 Å². The minimum absolute atomic E-state index is 0.00211. The number of ether oxygens (including phenoxy) is 1. The average molecular weight is 345 g/mol. The third kappa shape index (κ3) is 4.12. The van der Waals surface area contributed by atoms with Crippen molar-refractivity contribution in [2.24, 2.45) is 0 Å². The van der Waals surface area contributed by atoms with Gasteiger partial charge in [-0.05, 0) is 12.1 Å². The largest absolute Gasteiger partial charge is 0.378 e. The van der Waals surface area contributed by atoms with Crippen LogP contribution in [0.5, 0.6) is 0 Å². The van der Waals surface area contributed by atoms with E-state index in [1.54, 1.807) is 23.1 Å². The number of carbonyl (C=O) groups excluding carboxylic acids is 2. The van der Waals surface area contributed by atoms with E-state index >= 15 is 0 Å². The molecule has 0 radical (unpaired) electrons. The number of rotatable bonds is 4. The number of halogens is 2. The van der Waals surface area contributed by atoms with Gasteiger partial charge in [0.25, 0.3) is 0 Å². The Balaban J connectivity index is 2.06. The summed E-state index contributed by atoms with van der Waals surface area (Å²) in [6, 6.07) is 5.05. The Kier molecular flexibility index (Phi) is 6.06. The third-order valence-electron chi connectivity index (χ3n) is 3.50. The van der Waals surface area contributed by atoms with E-state index in [1.807, 2.05) is 0 Å². The van der Waals surface area contributed by atoms with Crippen LogP contribution in [-0.4, -0.2) is 49.6 Å². The summed E-state index contributed by atoms with van der Waals surface area (Å²) in [5.74, 6) is -0.206. The summed E-state index contributed by atoms with van der Waals surface area (Å²) in [7, 11) is 0. The van der Waals surface area contributed by atoms with Crippen molar-refractivity contribution in [3.05, 3.63) is 28.2 Å². The van der Waals surface area contributed by atoms with Crippen LogP contribution < -0.4 is 4.90 Å². The Bertz CT molecular complexity index is 539. The molecule has 22 heavy (non-hydrogen) atoms. The molecular formula is C15H18Cl2N2O3. The van der Waals surface area contributed by atoms with Crippen molar-refractivity contribution in [3.8, 4) is 0 Å². The van der Waals surface area contributed by atoms with Crippen LogP contribution in [0.4, 0.5) is 5.69 Å². The van der Waals surface area contributed by atoms with Gasteiger partial charge in [-0.1, -0.05) is 29.3 Å². The van der Waals surface area contributed by atoms with E-state index in [9.17, 15) is 9.59 Å². The topological polar surface area (TPSA) is 49.9 Å². The van der Waals surface area contributed by atoms with Crippen molar-refractivity contribution in [2.75, 3.05) is 37.7 Å². The van der Waals surface area contributed by atoms with Crippen LogP contribution in [0.2, 0.25) is 10.0 Å². The molecule has 0 spiro atoms. The maximum absolute atomic E-state index is 12.2. The van der Waals surface area contributed by atoms with Crippen molar-refractivity contribution in [1.82, 2.24) is 4.90 Å². The number of hydrogen-bond acceptors (Lipinski definition) is 3. The summed E-state index contributed by atoms with van der Waals surface area (Å²) < 4.78 is 5.22. The van der Waals surface area contributed by atoms with Crippen LogP contribution in [0, 0.1) is 0 Å². The van der Waals surface area contributed by atoms with E-state index in [0.717, 1.165) is 0 Å². The smallest absolute Gasteiger partial charge is 0.224 e. The fourth-order valence-electron chi connectivity index (χ4n) is 2.35. The Morgan fingerprint density at radius 1 is 1.23 bits per heavy atom. The molecular weight excluding hydrogens is 327 g/mol. The molecule has 1 heterocycles. The highest BCUT2D eigenvalue weighted by atomic mass is 35.5. The van der Waals surface area contributed by atoms with Gasteiger partial charge in [-0.15, -0.1) is 0 Å². The molecule has 5 nitrogen and oxygen atoms in total. The maximum atomic E-state index is 12.2. The molecule has 0 bridgehead atoms. The zero-order chi connectivity index (χ0) is 16.1.